The molecule has 0 saturated carbocycles. The highest BCUT2D eigenvalue weighted by molar-refractivity contribution is 8.18. The van der Waals surface area contributed by atoms with Crippen LogP contribution in [0.15, 0.2) is 83.6 Å². The van der Waals surface area contributed by atoms with Crippen molar-refractivity contribution in [3.05, 3.63) is 73.3 Å². The van der Waals surface area contributed by atoms with Crippen molar-refractivity contribution in [2.24, 2.45) is 0 Å². The van der Waals surface area contributed by atoms with Gasteiger partial charge in [0.2, 0.25) is 0 Å². The lowest BCUT2D eigenvalue weighted by Crippen LogP contribution is -2.11. The molecule has 8 heteroatoms. The van der Waals surface area contributed by atoms with Gasteiger partial charge in [0, 0.05) is 24.8 Å². The quantitative estimate of drug-likeness (QED) is 0.246. The lowest BCUT2D eigenvalue weighted by Gasteiger charge is -2.21. The van der Waals surface area contributed by atoms with E-state index >= 15 is 0 Å². The Hall–Kier alpha value is -2.84. The third kappa shape index (κ3) is 5.16. The van der Waals surface area contributed by atoms with Gasteiger partial charge in [-0.3, -0.25) is 9.97 Å². The third-order valence-electron chi connectivity index (χ3n) is 3.80. The van der Waals surface area contributed by atoms with Gasteiger partial charge in [0.15, 0.2) is 10.3 Å². The fraction of sp³-hybridized carbons (Fsp3) is 0.143. The van der Waals surface area contributed by atoms with E-state index in [1.165, 1.54) is 0 Å². The predicted molar refractivity (Wildman–Crippen MR) is 116 cm³/mol. The minimum atomic E-state index is -0.272. The highest BCUT2D eigenvalue weighted by Gasteiger charge is 2.25. The molecule has 4 heterocycles. The highest BCUT2D eigenvalue weighted by Crippen LogP contribution is 2.43. The molecule has 4 aromatic heterocycles. The Morgan fingerprint density at radius 1 is 0.552 bits per heavy atom. The Morgan fingerprint density at radius 2 is 1.03 bits per heavy atom. The Labute approximate surface area is 177 Å². The summed E-state index contributed by atoms with van der Waals surface area (Å²) in [4.78, 5) is 26.9. The van der Waals surface area contributed by atoms with Crippen molar-refractivity contribution in [1.82, 2.24) is 29.9 Å². The van der Waals surface area contributed by atoms with Crippen LogP contribution in [0.3, 0.4) is 0 Å². The first-order chi connectivity index (χ1) is 14.1. The van der Waals surface area contributed by atoms with Crippen LogP contribution >= 0.6 is 23.5 Å². The van der Waals surface area contributed by atoms with E-state index in [1.54, 1.807) is 48.3 Å². The van der Waals surface area contributed by atoms with Crippen LogP contribution in [0.1, 0.15) is 13.8 Å². The van der Waals surface area contributed by atoms with Crippen molar-refractivity contribution in [2.75, 3.05) is 0 Å². The second-order valence-corrected chi connectivity index (χ2v) is 9.92. The minimum absolute atomic E-state index is 0.272. The SMILES string of the molecule is CC(C)(Sc1nccc(-c2ccccn2)n1)Sc1nccc(-c2ccccn2)n1. The van der Waals surface area contributed by atoms with Gasteiger partial charge in [-0.25, -0.2) is 19.9 Å². The predicted octanol–water partition coefficient (Wildman–Crippen LogP) is 5.01. The first-order valence-corrected chi connectivity index (χ1v) is 10.6. The van der Waals surface area contributed by atoms with Gasteiger partial charge in [0.1, 0.15) is 0 Å². The van der Waals surface area contributed by atoms with Crippen LogP contribution in [0.5, 0.6) is 0 Å². The second kappa shape index (κ2) is 8.67. The fourth-order valence-electron chi connectivity index (χ4n) is 2.55. The number of hydrogen-bond acceptors (Lipinski definition) is 8. The summed E-state index contributed by atoms with van der Waals surface area (Å²) < 4.78 is -0.272. The molecule has 0 bridgehead atoms. The van der Waals surface area contributed by atoms with Gasteiger partial charge in [-0.2, -0.15) is 0 Å². The third-order valence-corrected chi connectivity index (χ3v) is 6.04. The van der Waals surface area contributed by atoms with E-state index in [1.807, 2.05) is 48.5 Å². The summed E-state index contributed by atoms with van der Waals surface area (Å²) in [5.74, 6) is 0. The van der Waals surface area contributed by atoms with Crippen LogP contribution in [0.25, 0.3) is 22.8 Å². The van der Waals surface area contributed by atoms with Crippen molar-refractivity contribution in [2.45, 2.75) is 28.2 Å². The van der Waals surface area contributed by atoms with Gasteiger partial charge in [-0.15, -0.1) is 0 Å². The molecule has 0 spiro atoms. The number of aromatic nitrogens is 6. The van der Waals surface area contributed by atoms with E-state index in [2.05, 4.69) is 43.8 Å². The molecular formula is C21H18N6S2. The van der Waals surface area contributed by atoms with E-state index in [9.17, 15) is 0 Å². The van der Waals surface area contributed by atoms with E-state index in [0.717, 1.165) is 22.8 Å². The summed E-state index contributed by atoms with van der Waals surface area (Å²) in [6.07, 6.45) is 7.04. The van der Waals surface area contributed by atoms with Crippen LogP contribution in [0, 0.1) is 0 Å². The standard InChI is InChI=1S/C21H18N6S2/c1-21(2,28-19-24-13-9-17(26-19)15-7-3-5-11-22-15)29-20-25-14-10-18(27-20)16-8-4-6-12-23-16/h3-14H,1-2H3. The molecule has 0 N–H and O–H groups in total. The molecular weight excluding hydrogens is 400 g/mol. The zero-order valence-electron chi connectivity index (χ0n) is 15.9. The molecule has 0 aromatic carbocycles. The molecule has 0 atom stereocenters. The minimum Gasteiger partial charge on any atom is -0.255 e. The molecule has 0 fully saturated rings. The fourth-order valence-corrected chi connectivity index (χ4v) is 4.56. The normalized spacial score (nSPS) is 11.4. The van der Waals surface area contributed by atoms with Crippen molar-refractivity contribution >= 4 is 23.5 Å². The van der Waals surface area contributed by atoms with Gasteiger partial charge in [-0.1, -0.05) is 35.7 Å². The Bertz CT molecular complexity index is 1000. The molecule has 4 aromatic rings. The average molecular weight is 419 g/mol. The number of rotatable bonds is 6. The summed E-state index contributed by atoms with van der Waals surface area (Å²) >= 11 is 3.14. The smallest absolute Gasteiger partial charge is 0.189 e. The number of thioether (sulfide) groups is 2. The molecule has 0 aliphatic carbocycles. The molecule has 0 amide bonds. The lowest BCUT2D eigenvalue weighted by molar-refractivity contribution is 0.919. The zero-order valence-corrected chi connectivity index (χ0v) is 17.6. The number of nitrogens with zero attached hydrogens (tertiary/aromatic N) is 6. The van der Waals surface area contributed by atoms with Crippen molar-refractivity contribution < 1.29 is 0 Å². The van der Waals surface area contributed by atoms with Crippen molar-refractivity contribution in [1.29, 1.82) is 0 Å². The Balaban J connectivity index is 1.51. The van der Waals surface area contributed by atoms with Crippen LogP contribution in [-0.2, 0) is 0 Å². The topological polar surface area (TPSA) is 77.3 Å². The molecule has 0 aliphatic heterocycles. The van der Waals surface area contributed by atoms with Gasteiger partial charge in [0.05, 0.1) is 26.9 Å². The maximum Gasteiger partial charge on any atom is 0.189 e. The number of pyridine rings is 2. The van der Waals surface area contributed by atoms with E-state index in [-0.39, 0.29) is 4.08 Å². The van der Waals surface area contributed by atoms with Gasteiger partial charge in [-0.05, 0) is 50.2 Å². The summed E-state index contributed by atoms with van der Waals surface area (Å²) in [7, 11) is 0. The van der Waals surface area contributed by atoms with E-state index < -0.39 is 0 Å². The Kier molecular flexibility index (Phi) is 5.82. The summed E-state index contributed by atoms with van der Waals surface area (Å²) in [5, 5.41) is 1.37. The molecule has 0 aliphatic rings. The summed E-state index contributed by atoms with van der Waals surface area (Å²) in [6.45, 7) is 4.21. The maximum absolute atomic E-state index is 4.66. The van der Waals surface area contributed by atoms with E-state index in [0.29, 0.717) is 10.3 Å². The molecule has 6 nitrogen and oxygen atoms in total. The van der Waals surface area contributed by atoms with Gasteiger partial charge >= 0.3 is 0 Å². The van der Waals surface area contributed by atoms with E-state index in [4.69, 9.17) is 0 Å². The largest absolute Gasteiger partial charge is 0.255 e. The highest BCUT2D eigenvalue weighted by atomic mass is 32.2. The van der Waals surface area contributed by atoms with Crippen LogP contribution in [0.2, 0.25) is 0 Å². The molecule has 4 rings (SSSR count). The van der Waals surface area contributed by atoms with Gasteiger partial charge < -0.3 is 0 Å². The monoisotopic (exact) mass is 418 g/mol. The summed E-state index contributed by atoms with van der Waals surface area (Å²) in [6, 6.07) is 15.3. The zero-order chi connectivity index (χ0) is 20.1. The Morgan fingerprint density at radius 3 is 1.45 bits per heavy atom. The van der Waals surface area contributed by atoms with Gasteiger partial charge in [0.25, 0.3) is 0 Å². The van der Waals surface area contributed by atoms with Crippen LogP contribution in [-0.4, -0.2) is 34.0 Å². The average Bonchev–Trinajstić information content (AvgIpc) is 2.75. The second-order valence-electron chi connectivity index (χ2n) is 6.48. The van der Waals surface area contributed by atoms with Crippen molar-refractivity contribution in [3.63, 3.8) is 0 Å². The molecule has 144 valence electrons. The van der Waals surface area contributed by atoms with Crippen LogP contribution < -0.4 is 0 Å². The van der Waals surface area contributed by atoms with Crippen LogP contribution in [0.4, 0.5) is 0 Å². The first-order valence-electron chi connectivity index (χ1n) is 8.96. The number of hydrogen-bond donors (Lipinski definition) is 0. The molecule has 29 heavy (non-hydrogen) atoms. The molecule has 0 radical (unpaired) electrons. The molecule has 0 unspecified atom stereocenters. The first kappa shape index (κ1) is 19.5. The molecule has 0 saturated heterocycles. The maximum atomic E-state index is 4.66. The van der Waals surface area contributed by atoms with Crippen molar-refractivity contribution in [3.8, 4) is 22.8 Å². The lowest BCUT2D eigenvalue weighted by atomic mass is 10.3. The summed E-state index contributed by atoms with van der Waals surface area (Å²) in [5.41, 5.74) is 3.26.